The van der Waals surface area contributed by atoms with Crippen LogP contribution in [0.3, 0.4) is 0 Å². The SMILES string of the molecule is CC(=O)OC(CCCCCCCCCCCO[Si](C)(C)C(C)(C)C)C1=CC(=O)OC1O[Si](C)(C)C(C)(C)C. The summed E-state index contributed by atoms with van der Waals surface area (Å²) in [6.45, 7) is 24.5. The summed E-state index contributed by atoms with van der Waals surface area (Å²) in [5.41, 5.74) is 0.646. The lowest BCUT2D eigenvalue weighted by atomic mass is 10.0. The molecule has 6 nitrogen and oxygen atoms in total. The molecule has 1 heterocycles. The molecule has 0 spiro atoms. The van der Waals surface area contributed by atoms with Crippen molar-refractivity contribution in [2.45, 2.75) is 161 Å². The zero-order valence-electron chi connectivity index (χ0n) is 26.5. The molecule has 8 heteroatoms. The summed E-state index contributed by atoms with van der Waals surface area (Å²) in [5, 5.41) is 0.257. The molecule has 0 aromatic rings. The Morgan fingerprint density at radius 2 is 1.32 bits per heavy atom. The molecule has 0 N–H and O–H groups in total. The van der Waals surface area contributed by atoms with E-state index in [0.717, 1.165) is 25.9 Å². The minimum Gasteiger partial charge on any atom is -0.458 e. The lowest BCUT2D eigenvalue weighted by Crippen LogP contribution is -2.45. The first-order chi connectivity index (χ1) is 17.4. The maximum Gasteiger partial charge on any atom is 0.333 e. The average Bonchev–Trinajstić information content (AvgIpc) is 3.10. The summed E-state index contributed by atoms with van der Waals surface area (Å²) in [6.07, 6.45) is 11.5. The topological polar surface area (TPSA) is 71.1 Å². The first-order valence-corrected chi connectivity index (χ1v) is 20.6. The van der Waals surface area contributed by atoms with Crippen LogP contribution in [-0.4, -0.2) is 47.6 Å². The third-order valence-electron chi connectivity index (χ3n) is 8.55. The predicted octanol–water partition coefficient (Wildman–Crippen LogP) is 8.67. The highest BCUT2D eigenvalue weighted by Gasteiger charge is 2.44. The molecule has 1 aliphatic rings. The first-order valence-electron chi connectivity index (χ1n) is 14.8. The highest BCUT2D eigenvalue weighted by atomic mass is 28.4. The fourth-order valence-corrected chi connectivity index (χ4v) is 6.06. The van der Waals surface area contributed by atoms with E-state index >= 15 is 0 Å². The molecular formula is C30H58O6Si2. The van der Waals surface area contributed by atoms with Gasteiger partial charge in [-0.2, -0.15) is 0 Å². The van der Waals surface area contributed by atoms with Crippen LogP contribution in [0.1, 0.15) is 113 Å². The quantitative estimate of drug-likeness (QED) is 0.0989. The number of ether oxygens (including phenoxy) is 2. The van der Waals surface area contributed by atoms with Gasteiger partial charge < -0.3 is 18.3 Å². The standard InChI is InChI=1S/C30H58O6Si2/c1-24(31)34-26(25-23-27(32)35-28(25)36-38(10,11)30(5,6)7)21-19-17-15-13-12-14-16-18-20-22-33-37(8,9)29(2,3)4/h23,26,28H,12-22H2,1-11H3. The van der Waals surface area contributed by atoms with Gasteiger partial charge in [0.1, 0.15) is 6.10 Å². The Hall–Kier alpha value is -0.966. The third-order valence-corrected chi connectivity index (χ3v) is 17.5. The predicted molar refractivity (Wildman–Crippen MR) is 161 cm³/mol. The van der Waals surface area contributed by atoms with Crippen LogP contribution in [0.15, 0.2) is 11.6 Å². The van der Waals surface area contributed by atoms with E-state index in [-0.39, 0.29) is 16.0 Å². The highest BCUT2D eigenvalue weighted by molar-refractivity contribution is 6.74. The summed E-state index contributed by atoms with van der Waals surface area (Å²) >= 11 is 0. The van der Waals surface area contributed by atoms with Crippen LogP contribution in [0.2, 0.25) is 36.3 Å². The third kappa shape index (κ3) is 12.0. The van der Waals surface area contributed by atoms with E-state index in [1.54, 1.807) is 0 Å². The fraction of sp³-hybridized carbons (Fsp3) is 0.867. The smallest absolute Gasteiger partial charge is 0.333 e. The number of carbonyl (C=O) groups is 2. The summed E-state index contributed by atoms with van der Waals surface area (Å²) in [6, 6.07) is 0. The van der Waals surface area contributed by atoms with Gasteiger partial charge in [0.15, 0.2) is 16.6 Å². The normalized spacial score (nSPS) is 17.8. The minimum atomic E-state index is -2.17. The largest absolute Gasteiger partial charge is 0.458 e. The van der Waals surface area contributed by atoms with Crippen molar-refractivity contribution in [3.8, 4) is 0 Å². The molecule has 0 aliphatic carbocycles. The van der Waals surface area contributed by atoms with Crippen molar-refractivity contribution in [2.75, 3.05) is 6.61 Å². The van der Waals surface area contributed by atoms with E-state index in [1.165, 1.54) is 51.5 Å². The van der Waals surface area contributed by atoms with Crippen LogP contribution >= 0.6 is 0 Å². The Kier molecular flexibility index (Phi) is 14.0. The summed E-state index contributed by atoms with van der Waals surface area (Å²) in [5.74, 6) is -0.775. The molecule has 0 fully saturated rings. The monoisotopic (exact) mass is 570 g/mol. The maximum atomic E-state index is 12.1. The second-order valence-corrected chi connectivity index (χ2v) is 23.5. The van der Waals surface area contributed by atoms with Gasteiger partial charge in [-0.1, -0.05) is 86.5 Å². The van der Waals surface area contributed by atoms with Gasteiger partial charge >= 0.3 is 11.9 Å². The van der Waals surface area contributed by atoms with Crippen molar-refractivity contribution in [3.05, 3.63) is 11.6 Å². The molecule has 2 atom stereocenters. The van der Waals surface area contributed by atoms with E-state index in [2.05, 4.69) is 67.7 Å². The number of unbranched alkanes of at least 4 members (excludes halogenated alkanes) is 8. The second kappa shape index (κ2) is 15.1. The van der Waals surface area contributed by atoms with Gasteiger partial charge in [-0.05, 0) is 55.5 Å². The van der Waals surface area contributed by atoms with E-state index in [9.17, 15) is 9.59 Å². The van der Waals surface area contributed by atoms with E-state index in [4.69, 9.17) is 18.3 Å². The molecule has 2 unspecified atom stereocenters. The second-order valence-electron chi connectivity index (χ2n) is 14.0. The van der Waals surface area contributed by atoms with Gasteiger partial charge in [-0.15, -0.1) is 0 Å². The van der Waals surface area contributed by atoms with E-state index < -0.39 is 35.0 Å². The van der Waals surface area contributed by atoms with Crippen LogP contribution in [0, 0.1) is 0 Å². The van der Waals surface area contributed by atoms with Gasteiger partial charge in [-0.25, -0.2) is 4.79 Å². The fourth-order valence-electron chi connectivity index (χ4n) is 3.90. The Labute approximate surface area is 235 Å². The van der Waals surface area contributed by atoms with Crippen molar-refractivity contribution in [2.24, 2.45) is 0 Å². The van der Waals surface area contributed by atoms with Gasteiger partial charge in [-0.3, -0.25) is 4.79 Å². The number of hydrogen-bond acceptors (Lipinski definition) is 6. The number of carbonyl (C=O) groups excluding carboxylic acids is 2. The van der Waals surface area contributed by atoms with Gasteiger partial charge in [0.25, 0.3) is 0 Å². The molecule has 0 saturated carbocycles. The summed E-state index contributed by atoms with van der Waals surface area (Å²) in [4.78, 5) is 23.9. The molecule has 222 valence electrons. The molecule has 0 aromatic carbocycles. The van der Waals surface area contributed by atoms with Crippen molar-refractivity contribution in [3.63, 3.8) is 0 Å². The maximum absolute atomic E-state index is 12.1. The van der Waals surface area contributed by atoms with Gasteiger partial charge in [0.2, 0.25) is 6.29 Å². The number of cyclic esters (lactones) is 1. The number of rotatable bonds is 17. The van der Waals surface area contributed by atoms with Crippen LogP contribution in [0.4, 0.5) is 0 Å². The Balaban J connectivity index is 2.35. The average molecular weight is 571 g/mol. The minimum absolute atomic E-state index is 0.0253. The molecule has 0 aromatic heterocycles. The number of esters is 2. The van der Waals surface area contributed by atoms with Crippen molar-refractivity contribution in [1.29, 1.82) is 0 Å². The molecule has 0 saturated heterocycles. The lowest BCUT2D eigenvalue weighted by molar-refractivity contribution is -0.152. The summed E-state index contributed by atoms with van der Waals surface area (Å²) in [7, 11) is -3.79. The van der Waals surface area contributed by atoms with Crippen molar-refractivity contribution < 1.29 is 27.9 Å². The molecular weight excluding hydrogens is 512 g/mol. The molecule has 0 bridgehead atoms. The van der Waals surface area contributed by atoms with Crippen LogP contribution in [0.5, 0.6) is 0 Å². The lowest BCUT2D eigenvalue weighted by Gasteiger charge is -2.38. The molecule has 0 radical (unpaired) electrons. The molecule has 1 aliphatic heterocycles. The van der Waals surface area contributed by atoms with Gasteiger partial charge in [0.05, 0.1) is 0 Å². The van der Waals surface area contributed by atoms with Crippen molar-refractivity contribution >= 4 is 28.6 Å². The van der Waals surface area contributed by atoms with Crippen molar-refractivity contribution in [1.82, 2.24) is 0 Å². The summed E-state index contributed by atoms with van der Waals surface area (Å²) < 4.78 is 23.8. The molecule has 1 rings (SSSR count). The first kappa shape index (κ1) is 35.1. The van der Waals surface area contributed by atoms with E-state index in [0.29, 0.717) is 12.0 Å². The van der Waals surface area contributed by atoms with Crippen LogP contribution in [0.25, 0.3) is 0 Å². The molecule has 0 amide bonds. The number of hydrogen-bond donors (Lipinski definition) is 0. The Morgan fingerprint density at radius 3 is 1.79 bits per heavy atom. The Morgan fingerprint density at radius 1 is 0.842 bits per heavy atom. The van der Waals surface area contributed by atoms with Crippen LogP contribution < -0.4 is 0 Å². The van der Waals surface area contributed by atoms with Gasteiger partial charge in [0, 0.05) is 25.2 Å². The van der Waals surface area contributed by atoms with E-state index in [1.807, 2.05) is 0 Å². The zero-order valence-corrected chi connectivity index (χ0v) is 28.5. The Bertz CT molecular complexity index is 777. The highest BCUT2D eigenvalue weighted by Crippen LogP contribution is 2.40. The zero-order chi connectivity index (χ0) is 29.2. The molecule has 38 heavy (non-hydrogen) atoms. The van der Waals surface area contributed by atoms with Crippen LogP contribution in [-0.2, 0) is 27.9 Å².